The molecule has 4 aromatic rings. The third-order valence-corrected chi connectivity index (χ3v) is 4.78. The van der Waals surface area contributed by atoms with Gasteiger partial charge < -0.3 is 9.73 Å². The van der Waals surface area contributed by atoms with E-state index in [1.165, 1.54) is 11.1 Å². The maximum atomic E-state index is 12.5. The molecule has 4 heteroatoms. The molecule has 1 heterocycles. The van der Waals surface area contributed by atoms with E-state index in [0.29, 0.717) is 28.6 Å². The molecular weight excluding hydrogens is 348 g/mol. The van der Waals surface area contributed by atoms with Crippen molar-refractivity contribution in [2.45, 2.75) is 26.7 Å². The summed E-state index contributed by atoms with van der Waals surface area (Å²) in [6, 6.07) is 21.2. The Hall–Kier alpha value is -3.40. The Morgan fingerprint density at radius 1 is 0.964 bits per heavy atom. The number of amides is 1. The third kappa shape index (κ3) is 3.67. The van der Waals surface area contributed by atoms with E-state index in [2.05, 4.69) is 24.1 Å². The van der Waals surface area contributed by atoms with Gasteiger partial charge in [-0.25, -0.2) is 4.98 Å². The van der Waals surface area contributed by atoms with Gasteiger partial charge in [-0.1, -0.05) is 43.7 Å². The van der Waals surface area contributed by atoms with Crippen LogP contribution in [0.3, 0.4) is 0 Å². The monoisotopic (exact) mass is 370 g/mol. The topological polar surface area (TPSA) is 55.1 Å². The van der Waals surface area contributed by atoms with E-state index in [0.717, 1.165) is 11.1 Å². The fourth-order valence-corrected chi connectivity index (χ4v) is 3.04. The van der Waals surface area contributed by atoms with Crippen LogP contribution in [0.4, 0.5) is 5.69 Å². The van der Waals surface area contributed by atoms with E-state index in [-0.39, 0.29) is 5.91 Å². The van der Waals surface area contributed by atoms with Gasteiger partial charge in [0.25, 0.3) is 5.91 Å². The van der Waals surface area contributed by atoms with Gasteiger partial charge in [0, 0.05) is 22.9 Å². The summed E-state index contributed by atoms with van der Waals surface area (Å²) in [4.78, 5) is 17.1. The molecule has 0 aliphatic rings. The number of nitrogens with one attached hydrogen (secondary N) is 1. The zero-order valence-electron chi connectivity index (χ0n) is 16.2. The summed E-state index contributed by atoms with van der Waals surface area (Å²) >= 11 is 0. The highest BCUT2D eigenvalue weighted by Gasteiger charge is 2.11. The van der Waals surface area contributed by atoms with Crippen molar-refractivity contribution < 1.29 is 9.21 Å². The van der Waals surface area contributed by atoms with Gasteiger partial charge in [-0.2, -0.15) is 0 Å². The lowest BCUT2D eigenvalue weighted by Crippen LogP contribution is -2.11. The van der Waals surface area contributed by atoms with Crippen LogP contribution in [0.2, 0.25) is 0 Å². The first-order valence-electron chi connectivity index (χ1n) is 9.38. The fourth-order valence-electron chi connectivity index (χ4n) is 3.04. The van der Waals surface area contributed by atoms with Crippen molar-refractivity contribution in [1.82, 2.24) is 4.98 Å². The number of anilines is 1. The van der Waals surface area contributed by atoms with Crippen molar-refractivity contribution in [2.24, 2.45) is 0 Å². The van der Waals surface area contributed by atoms with E-state index in [1.54, 1.807) is 6.07 Å². The highest BCUT2D eigenvalue weighted by molar-refractivity contribution is 6.04. The molecule has 0 aliphatic heterocycles. The Morgan fingerprint density at radius 2 is 1.68 bits per heavy atom. The molecule has 3 aromatic carbocycles. The van der Waals surface area contributed by atoms with Crippen LogP contribution < -0.4 is 5.32 Å². The van der Waals surface area contributed by atoms with Crippen LogP contribution in [0, 0.1) is 6.92 Å². The van der Waals surface area contributed by atoms with Crippen LogP contribution >= 0.6 is 0 Å². The minimum absolute atomic E-state index is 0.145. The lowest BCUT2D eigenvalue weighted by molar-refractivity contribution is 0.102. The normalized spacial score (nSPS) is 11.1. The first-order valence-corrected chi connectivity index (χ1v) is 9.38. The molecule has 0 unspecified atom stereocenters. The smallest absolute Gasteiger partial charge is 0.255 e. The molecule has 0 spiro atoms. The zero-order chi connectivity index (χ0) is 19.7. The first-order chi connectivity index (χ1) is 13.5. The van der Waals surface area contributed by atoms with Gasteiger partial charge in [-0.3, -0.25) is 4.79 Å². The Kier molecular flexibility index (Phi) is 4.70. The van der Waals surface area contributed by atoms with Crippen LogP contribution in [0.5, 0.6) is 0 Å². The Balaban J connectivity index is 1.55. The maximum absolute atomic E-state index is 12.5. The minimum atomic E-state index is -0.145. The SMILES string of the molecule is Cc1ccc(-c2nc3ccc(NC(=O)c4ccc(C(C)C)cc4)cc3o2)cc1. The number of hydrogen-bond donors (Lipinski definition) is 1. The summed E-state index contributed by atoms with van der Waals surface area (Å²) in [5, 5.41) is 2.93. The average molecular weight is 370 g/mol. The predicted molar refractivity (Wildman–Crippen MR) is 113 cm³/mol. The molecule has 28 heavy (non-hydrogen) atoms. The summed E-state index contributed by atoms with van der Waals surface area (Å²) in [6.45, 7) is 6.31. The highest BCUT2D eigenvalue weighted by atomic mass is 16.3. The third-order valence-electron chi connectivity index (χ3n) is 4.78. The maximum Gasteiger partial charge on any atom is 0.255 e. The van der Waals surface area contributed by atoms with Crippen molar-refractivity contribution in [3.63, 3.8) is 0 Å². The van der Waals surface area contributed by atoms with Gasteiger partial charge in [0.2, 0.25) is 5.89 Å². The number of nitrogens with zero attached hydrogens (tertiary/aromatic N) is 1. The lowest BCUT2D eigenvalue weighted by atomic mass is 10.0. The molecule has 4 nitrogen and oxygen atoms in total. The molecule has 1 N–H and O–H groups in total. The summed E-state index contributed by atoms with van der Waals surface area (Å²) in [5.41, 5.74) is 6.03. The Labute approximate surface area is 164 Å². The van der Waals surface area contributed by atoms with E-state index in [9.17, 15) is 4.79 Å². The molecule has 140 valence electrons. The molecule has 0 fully saturated rings. The van der Waals surface area contributed by atoms with Crippen LogP contribution in [0.1, 0.15) is 41.3 Å². The molecule has 0 aliphatic carbocycles. The minimum Gasteiger partial charge on any atom is -0.436 e. The van der Waals surface area contributed by atoms with Crippen molar-refractivity contribution in [3.8, 4) is 11.5 Å². The predicted octanol–water partition coefficient (Wildman–Crippen LogP) is 6.18. The average Bonchev–Trinajstić information content (AvgIpc) is 3.12. The van der Waals surface area contributed by atoms with Gasteiger partial charge in [0.15, 0.2) is 5.58 Å². The molecule has 0 atom stereocenters. The van der Waals surface area contributed by atoms with Gasteiger partial charge in [0.05, 0.1) is 0 Å². The van der Waals surface area contributed by atoms with E-state index < -0.39 is 0 Å². The second kappa shape index (κ2) is 7.31. The van der Waals surface area contributed by atoms with Crippen molar-refractivity contribution in [1.29, 1.82) is 0 Å². The number of rotatable bonds is 4. The number of oxazole rings is 1. The fraction of sp³-hybridized carbons (Fsp3) is 0.167. The first kappa shape index (κ1) is 18.0. The Bertz CT molecular complexity index is 1120. The van der Waals surface area contributed by atoms with Crippen molar-refractivity contribution in [3.05, 3.63) is 83.4 Å². The largest absolute Gasteiger partial charge is 0.436 e. The number of carbonyl (C=O) groups excluding carboxylic acids is 1. The van der Waals surface area contributed by atoms with E-state index in [1.807, 2.05) is 67.6 Å². The summed E-state index contributed by atoms with van der Waals surface area (Å²) in [5.74, 6) is 0.865. The van der Waals surface area contributed by atoms with Gasteiger partial charge in [-0.05, 0) is 54.8 Å². The van der Waals surface area contributed by atoms with Crippen LogP contribution in [-0.4, -0.2) is 10.9 Å². The lowest BCUT2D eigenvalue weighted by Gasteiger charge is -2.08. The highest BCUT2D eigenvalue weighted by Crippen LogP contribution is 2.27. The number of benzene rings is 3. The molecule has 4 rings (SSSR count). The van der Waals surface area contributed by atoms with Crippen LogP contribution in [-0.2, 0) is 0 Å². The van der Waals surface area contributed by atoms with Crippen LogP contribution in [0.15, 0.2) is 71.1 Å². The molecule has 0 bridgehead atoms. The molecule has 1 aromatic heterocycles. The number of hydrogen-bond acceptors (Lipinski definition) is 3. The number of aryl methyl sites for hydroxylation is 1. The molecule has 1 amide bonds. The molecule has 0 saturated heterocycles. The molecule has 0 radical (unpaired) electrons. The quantitative estimate of drug-likeness (QED) is 0.467. The van der Waals surface area contributed by atoms with E-state index in [4.69, 9.17) is 4.42 Å². The van der Waals surface area contributed by atoms with Crippen molar-refractivity contribution >= 4 is 22.7 Å². The van der Waals surface area contributed by atoms with Crippen molar-refractivity contribution in [2.75, 3.05) is 5.32 Å². The summed E-state index contributed by atoms with van der Waals surface area (Å²) < 4.78 is 5.90. The van der Waals surface area contributed by atoms with Gasteiger partial charge in [0.1, 0.15) is 5.52 Å². The van der Waals surface area contributed by atoms with Gasteiger partial charge >= 0.3 is 0 Å². The van der Waals surface area contributed by atoms with Crippen LogP contribution in [0.25, 0.3) is 22.6 Å². The molecular formula is C24H22N2O2. The number of fused-ring (bicyclic) bond motifs is 1. The summed E-state index contributed by atoms with van der Waals surface area (Å²) in [7, 11) is 0. The van der Waals surface area contributed by atoms with E-state index >= 15 is 0 Å². The standard InChI is InChI=1S/C24H22N2O2/c1-15(2)17-8-10-18(11-9-17)23(27)25-20-12-13-21-22(14-20)28-24(26-21)19-6-4-16(3)5-7-19/h4-15H,1-3H3,(H,25,27). The molecule has 0 saturated carbocycles. The second-order valence-electron chi connectivity index (χ2n) is 7.30. The number of carbonyl (C=O) groups is 1. The number of aromatic nitrogens is 1. The zero-order valence-corrected chi connectivity index (χ0v) is 16.2. The second-order valence-corrected chi connectivity index (χ2v) is 7.30. The van der Waals surface area contributed by atoms with Gasteiger partial charge in [-0.15, -0.1) is 0 Å². The summed E-state index contributed by atoms with van der Waals surface area (Å²) in [6.07, 6.45) is 0. The Morgan fingerprint density at radius 3 is 2.36 bits per heavy atom.